The molecule has 0 spiro atoms. The predicted octanol–water partition coefficient (Wildman–Crippen LogP) is 5.64. The number of hydrogen-bond donors (Lipinski definition) is 2. The van der Waals surface area contributed by atoms with Gasteiger partial charge in [0.1, 0.15) is 23.7 Å². The van der Waals surface area contributed by atoms with Gasteiger partial charge in [-0.15, -0.1) is 0 Å². The molecule has 9 nitrogen and oxygen atoms in total. The van der Waals surface area contributed by atoms with Crippen LogP contribution in [0, 0.1) is 6.92 Å². The van der Waals surface area contributed by atoms with E-state index in [4.69, 9.17) is 4.74 Å². The Labute approximate surface area is 217 Å². The van der Waals surface area contributed by atoms with Gasteiger partial charge >= 0.3 is 0 Å². The van der Waals surface area contributed by atoms with Gasteiger partial charge in [-0.05, 0) is 36.8 Å². The minimum atomic E-state index is 0.476. The van der Waals surface area contributed by atoms with E-state index in [1.54, 1.807) is 12.4 Å². The lowest BCUT2D eigenvalue weighted by atomic mass is 10.1. The third-order valence-corrected chi connectivity index (χ3v) is 6.47. The van der Waals surface area contributed by atoms with E-state index in [0.29, 0.717) is 18.0 Å². The number of nitrogens with one attached hydrogen (secondary N) is 2. The van der Waals surface area contributed by atoms with Gasteiger partial charge in [0, 0.05) is 46.7 Å². The van der Waals surface area contributed by atoms with Crippen LogP contribution >= 0.6 is 0 Å². The van der Waals surface area contributed by atoms with Gasteiger partial charge in [0.15, 0.2) is 5.65 Å². The highest BCUT2D eigenvalue weighted by molar-refractivity contribution is 5.97. The molecule has 0 unspecified atom stereocenters. The van der Waals surface area contributed by atoms with Crippen LogP contribution in [-0.2, 0) is 6.61 Å². The molecule has 38 heavy (non-hydrogen) atoms. The molecular weight excluding hydrogens is 476 g/mol. The minimum Gasteiger partial charge on any atom is -0.487 e. The van der Waals surface area contributed by atoms with Crippen molar-refractivity contribution in [2.45, 2.75) is 13.5 Å². The lowest BCUT2D eigenvalue weighted by molar-refractivity contribution is 0.305. The maximum Gasteiger partial charge on any atom is 0.155 e. The Balaban J connectivity index is 1.24. The largest absolute Gasteiger partial charge is 0.487 e. The molecule has 0 aliphatic carbocycles. The minimum absolute atomic E-state index is 0.476. The first-order valence-electron chi connectivity index (χ1n) is 12.2. The average Bonchev–Trinajstić information content (AvgIpc) is 3.70. The molecule has 0 aliphatic rings. The quantitative estimate of drug-likeness (QED) is 0.307. The Kier molecular flexibility index (Phi) is 5.18. The molecule has 7 rings (SSSR count). The van der Waals surface area contributed by atoms with Gasteiger partial charge in [0.2, 0.25) is 0 Å². The summed E-state index contributed by atoms with van der Waals surface area (Å²) in [6, 6.07) is 18.1. The smallest absolute Gasteiger partial charge is 0.155 e. The molecule has 0 atom stereocenters. The van der Waals surface area contributed by atoms with Gasteiger partial charge in [0.05, 0.1) is 29.6 Å². The topological polar surface area (TPSA) is 110 Å². The standard InChI is InChI=1S/C29H22N8O/c1-18-15-37(17-33-18)26-7-8-31-28-23(26)11-25(34-28)27-24-10-21(13-32-29(24)36-35-27)20-9-22(14-30-12-20)38-16-19-5-3-2-4-6-19/h2-15,17H,16H2,1H3,(H,31,34)(H,32,35,36). The number of aromatic nitrogens is 8. The number of aromatic amines is 2. The molecule has 184 valence electrons. The first kappa shape index (κ1) is 21.9. The summed E-state index contributed by atoms with van der Waals surface area (Å²) in [7, 11) is 0. The number of pyridine rings is 3. The fraction of sp³-hybridized carbons (Fsp3) is 0.0690. The molecule has 6 heterocycles. The van der Waals surface area contributed by atoms with Crippen molar-refractivity contribution in [1.29, 1.82) is 0 Å². The fourth-order valence-corrected chi connectivity index (χ4v) is 4.58. The SMILES string of the molecule is Cc1cn(-c2ccnc3[nH]c(-c4n[nH]c5ncc(-c6cncc(OCc7ccccc7)c6)cc45)cc23)cn1. The van der Waals surface area contributed by atoms with Crippen molar-refractivity contribution in [1.82, 2.24) is 39.7 Å². The number of H-pyrrole nitrogens is 2. The van der Waals surface area contributed by atoms with Crippen LogP contribution in [-0.4, -0.2) is 39.7 Å². The Morgan fingerprint density at radius 3 is 2.63 bits per heavy atom. The van der Waals surface area contributed by atoms with Crippen LogP contribution in [0.2, 0.25) is 0 Å². The van der Waals surface area contributed by atoms with Gasteiger partial charge in [-0.1, -0.05) is 30.3 Å². The van der Waals surface area contributed by atoms with Crippen molar-refractivity contribution < 1.29 is 4.74 Å². The zero-order chi connectivity index (χ0) is 25.5. The second-order valence-electron chi connectivity index (χ2n) is 9.07. The molecule has 0 bridgehead atoms. The molecule has 6 aromatic heterocycles. The van der Waals surface area contributed by atoms with E-state index >= 15 is 0 Å². The summed E-state index contributed by atoms with van der Waals surface area (Å²) in [5.41, 5.74) is 7.96. The lowest BCUT2D eigenvalue weighted by Crippen LogP contribution is -1.96. The molecule has 1 aromatic carbocycles. The Morgan fingerprint density at radius 2 is 1.76 bits per heavy atom. The van der Waals surface area contributed by atoms with Gasteiger partial charge in [-0.25, -0.2) is 15.0 Å². The van der Waals surface area contributed by atoms with Crippen molar-refractivity contribution in [3.05, 3.63) is 103 Å². The first-order valence-corrected chi connectivity index (χ1v) is 12.2. The summed E-state index contributed by atoms with van der Waals surface area (Å²) in [4.78, 5) is 21.3. The number of fused-ring (bicyclic) bond motifs is 2. The molecule has 7 aromatic rings. The highest BCUT2D eigenvalue weighted by Gasteiger charge is 2.16. The monoisotopic (exact) mass is 498 g/mol. The highest BCUT2D eigenvalue weighted by Crippen LogP contribution is 2.32. The van der Waals surface area contributed by atoms with Gasteiger partial charge in [0.25, 0.3) is 0 Å². The fourth-order valence-electron chi connectivity index (χ4n) is 4.58. The summed E-state index contributed by atoms with van der Waals surface area (Å²) >= 11 is 0. The number of ether oxygens (including phenoxy) is 1. The molecule has 2 N–H and O–H groups in total. The molecule has 0 amide bonds. The number of hydrogen-bond acceptors (Lipinski definition) is 6. The second-order valence-corrected chi connectivity index (χ2v) is 9.07. The summed E-state index contributed by atoms with van der Waals surface area (Å²) in [5.74, 6) is 0.697. The summed E-state index contributed by atoms with van der Waals surface area (Å²) in [5, 5.41) is 9.50. The van der Waals surface area contributed by atoms with Crippen LogP contribution in [0.4, 0.5) is 0 Å². The maximum atomic E-state index is 5.98. The second kappa shape index (κ2) is 8.97. The summed E-state index contributed by atoms with van der Waals surface area (Å²) in [6.07, 6.45) is 10.9. The van der Waals surface area contributed by atoms with E-state index in [9.17, 15) is 0 Å². The molecule has 0 saturated carbocycles. The number of rotatable bonds is 6. The van der Waals surface area contributed by atoms with Gasteiger partial charge in [-0.2, -0.15) is 5.10 Å². The van der Waals surface area contributed by atoms with Crippen molar-refractivity contribution in [3.8, 4) is 34.0 Å². The lowest BCUT2D eigenvalue weighted by Gasteiger charge is -2.08. The zero-order valence-corrected chi connectivity index (χ0v) is 20.5. The molecule has 0 radical (unpaired) electrons. The zero-order valence-electron chi connectivity index (χ0n) is 20.5. The Hall–Kier alpha value is -5.31. The normalized spacial score (nSPS) is 11.4. The molecular formula is C29H22N8O. The van der Waals surface area contributed by atoms with E-state index < -0.39 is 0 Å². The molecule has 0 aliphatic heterocycles. The van der Waals surface area contributed by atoms with Crippen LogP contribution in [0.25, 0.3) is 50.3 Å². The summed E-state index contributed by atoms with van der Waals surface area (Å²) in [6.45, 7) is 2.45. The van der Waals surface area contributed by atoms with E-state index in [1.165, 1.54) is 0 Å². The third kappa shape index (κ3) is 3.96. The van der Waals surface area contributed by atoms with Crippen LogP contribution in [0.15, 0.2) is 91.9 Å². The number of nitrogens with zero attached hydrogens (tertiary/aromatic N) is 6. The molecule has 0 saturated heterocycles. The Bertz CT molecular complexity index is 1900. The first-order chi connectivity index (χ1) is 18.7. The molecule has 9 heteroatoms. The maximum absolute atomic E-state index is 5.98. The molecule has 0 fully saturated rings. The van der Waals surface area contributed by atoms with Crippen molar-refractivity contribution in [2.75, 3.05) is 0 Å². The van der Waals surface area contributed by atoms with Crippen LogP contribution < -0.4 is 4.74 Å². The Morgan fingerprint density at radius 1 is 0.868 bits per heavy atom. The van der Waals surface area contributed by atoms with Gasteiger partial charge < -0.3 is 14.3 Å². The van der Waals surface area contributed by atoms with E-state index in [-0.39, 0.29) is 0 Å². The van der Waals surface area contributed by atoms with E-state index in [1.807, 2.05) is 78.9 Å². The van der Waals surface area contributed by atoms with Crippen molar-refractivity contribution in [3.63, 3.8) is 0 Å². The average molecular weight is 499 g/mol. The highest BCUT2D eigenvalue weighted by atomic mass is 16.5. The van der Waals surface area contributed by atoms with E-state index in [0.717, 1.165) is 55.9 Å². The van der Waals surface area contributed by atoms with Crippen molar-refractivity contribution in [2.24, 2.45) is 0 Å². The van der Waals surface area contributed by atoms with Gasteiger partial charge in [-0.3, -0.25) is 10.1 Å². The number of imidazole rings is 1. The van der Waals surface area contributed by atoms with Crippen LogP contribution in [0.3, 0.4) is 0 Å². The van der Waals surface area contributed by atoms with E-state index in [2.05, 4.69) is 47.2 Å². The van der Waals surface area contributed by atoms with Crippen LogP contribution in [0.1, 0.15) is 11.3 Å². The predicted molar refractivity (Wildman–Crippen MR) is 145 cm³/mol. The number of aryl methyl sites for hydroxylation is 1. The number of benzene rings is 1. The summed E-state index contributed by atoms with van der Waals surface area (Å²) < 4.78 is 7.98. The third-order valence-electron chi connectivity index (χ3n) is 6.47. The van der Waals surface area contributed by atoms with Crippen molar-refractivity contribution >= 4 is 22.1 Å². The van der Waals surface area contributed by atoms with Crippen LogP contribution in [0.5, 0.6) is 5.75 Å².